The van der Waals surface area contributed by atoms with Gasteiger partial charge >= 0.3 is 0 Å². The fourth-order valence-electron chi connectivity index (χ4n) is 2.60. The summed E-state index contributed by atoms with van der Waals surface area (Å²) in [6.45, 7) is 4.41. The van der Waals surface area contributed by atoms with Gasteiger partial charge in [-0.3, -0.25) is 9.59 Å². The summed E-state index contributed by atoms with van der Waals surface area (Å²) < 4.78 is 1.84. The number of piperidine rings is 1. The third-order valence-electron chi connectivity index (χ3n) is 3.45. The van der Waals surface area contributed by atoms with Gasteiger partial charge in [-0.2, -0.15) is 0 Å². The van der Waals surface area contributed by atoms with E-state index in [0.717, 1.165) is 44.3 Å². The summed E-state index contributed by atoms with van der Waals surface area (Å²) in [6.07, 6.45) is 4.92. The smallest absolute Gasteiger partial charge is 0.168 e. The van der Waals surface area contributed by atoms with Crippen LogP contribution < -0.4 is 4.90 Å². The fourth-order valence-corrected chi connectivity index (χ4v) is 2.88. The lowest BCUT2D eigenvalue weighted by molar-refractivity contribution is 0.111. The Bertz CT molecular complexity index is 462. The number of halogens is 1. The molecule has 1 aliphatic heterocycles. The summed E-state index contributed by atoms with van der Waals surface area (Å²) in [7, 11) is 0. The molecule has 4 nitrogen and oxygen atoms in total. The molecule has 0 unspecified atom stereocenters. The van der Waals surface area contributed by atoms with Gasteiger partial charge in [0.2, 0.25) is 0 Å². The van der Waals surface area contributed by atoms with E-state index in [9.17, 15) is 9.59 Å². The van der Waals surface area contributed by atoms with Gasteiger partial charge in [-0.25, -0.2) is 0 Å². The van der Waals surface area contributed by atoms with Gasteiger partial charge in [0.25, 0.3) is 0 Å². The first-order valence-electron chi connectivity index (χ1n) is 6.31. The summed E-state index contributed by atoms with van der Waals surface area (Å²) in [5.74, 6) is 0.805. The predicted molar refractivity (Wildman–Crippen MR) is 72.0 cm³/mol. The molecule has 0 spiro atoms. The molecule has 1 fully saturated rings. The second-order valence-corrected chi connectivity index (χ2v) is 4.84. The van der Waals surface area contributed by atoms with Crippen LogP contribution in [0.4, 0.5) is 5.82 Å². The summed E-state index contributed by atoms with van der Waals surface area (Å²) in [6, 6.07) is 0. The van der Waals surface area contributed by atoms with Crippen LogP contribution in [0, 0.1) is 0 Å². The standard InChI is InChI=1S/C13H17ClN2O2/c1-2-16-11(9-18)12(14)10(8-17)13(16)15-6-4-3-5-7-15/h8-9H,2-7H2,1H3. The van der Waals surface area contributed by atoms with Crippen LogP contribution in [0.3, 0.4) is 0 Å². The second-order valence-electron chi connectivity index (χ2n) is 4.46. The molecule has 18 heavy (non-hydrogen) atoms. The number of hydrogen-bond donors (Lipinski definition) is 0. The zero-order chi connectivity index (χ0) is 13.1. The van der Waals surface area contributed by atoms with Gasteiger partial charge in [-0.05, 0) is 26.2 Å². The number of carbonyl (C=O) groups is 2. The number of carbonyl (C=O) groups excluding carboxylic acids is 2. The Hall–Kier alpha value is -1.29. The molecule has 1 aliphatic rings. The van der Waals surface area contributed by atoms with Crippen LogP contribution in [-0.4, -0.2) is 30.2 Å². The van der Waals surface area contributed by atoms with E-state index in [-0.39, 0.29) is 5.02 Å². The maximum Gasteiger partial charge on any atom is 0.168 e. The molecule has 5 heteroatoms. The number of anilines is 1. The van der Waals surface area contributed by atoms with Crippen molar-refractivity contribution >= 4 is 30.0 Å². The van der Waals surface area contributed by atoms with Gasteiger partial charge in [0.1, 0.15) is 11.5 Å². The Morgan fingerprint density at radius 1 is 1.17 bits per heavy atom. The minimum atomic E-state index is 0.280. The van der Waals surface area contributed by atoms with E-state index in [1.807, 2.05) is 11.5 Å². The molecule has 0 amide bonds. The molecular formula is C13H17ClN2O2. The van der Waals surface area contributed by atoms with Gasteiger partial charge in [0.05, 0.1) is 10.6 Å². The molecule has 1 saturated heterocycles. The van der Waals surface area contributed by atoms with E-state index < -0.39 is 0 Å². The van der Waals surface area contributed by atoms with Crippen molar-refractivity contribution in [3.8, 4) is 0 Å². The summed E-state index contributed by atoms with van der Waals surface area (Å²) >= 11 is 6.12. The lowest BCUT2D eigenvalue weighted by Crippen LogP contribution is -2.32. The van der Waals surface area contributed by atoms with Crippen LogP contribution in [-0.2, 0) is 6.54 Å². The zero-order valence-electron chi connectivity index (χ0n) is 10.5. The van der Waals surface area contributed by atoms with E-state index in [1.165, 1.54) is 6.42 Å². The van der Waals surface area contributed by atoms with Gasteiger partial charge in [-0.1, -0.05) is 11.6 Å². The highest BCUT2D eigenvalue weighted by molar-refractivity contribution is 6.36. The van der Waals surface area contributed by atoms with Crippen molar-refractivity contribution in [2.45, 2.75) is 32.7 Å². The van der Waals surface area contributed by atoms with Gasteiger partial charge < -0.3 is 9.47 Å². The first-order valence-corrected chi connectivity index (χ1v) is 6.69. The highest BCUT2D eigenvalue weighted by Gasteiger charge is 2.25. The number of aromatic nitrogens is 1. The van der Waals surface area contributed by atoms with Crippen molar-refractivity contribution < 1.29 is 9.59 Å². The predicted octanol–water partition coefficient (Wildman–Crippen LogP) is 2.78. The van der Waals surface area contributed by atoms with E-state index in [2.05, 4.69) is 4.90 Å². The van der Waals surface area contributed by atoms with E-state index in [4.69, 9.17) is 11.6 Å². The van der Waals surface area contributed by atoms with E-state index in [0.29, 0.717) is 17.8 Å². The Morgan fingerprint density at radius 3 is 2.33 bits per heavy atom. The molecular weight excluding hydrogens is 252 g/mol. The molecule has 2 rings (SSSR count). The van der Waals surface area contributed by atoms with Crippen molar-refractivity contribution in [1.82, 2.24) is 4.57 Å². The summed E-state index contributed by atoms with van der Waals surface area (Å²) in [5.41, 5.74) is 0.851. The van der Waals surface area contributed by atoms with Crippen molar-refractivity contribution in [3.63, 3.8) is 0 Å². The Kier molecular flexibility index (Phi) is 4.07. The lowest BCUT2D eigenvalue weighted by atomic mass is 10.1. The van der Waals surface area contributed by atoms with Gasteiger partial charge in [0, 0.05) is 19.6 Å². The number of nitrogens with zero attached hydrogens (tertiary/aromatic N) is 2. The van der Waals surface area contributed by atoms with Crippen molar-refractivity contribution in [3.05, 3.63) is 16.3 Å². The molecule has 0 atom stereocenters. The first kappa shape index (κ1) is 13.1. The minimum Gasteiger partial charge on any atom is -0.357 e. The van der Waals surface area contributed by atoms with Crippen LogP contribution in [0.25, 0.3) is 0 Å². The SMILES string of the molecule is CCn1c(C=O)c(Cl)c(C=O)c1N1CCCCC1. The topological polar surface area (TPSA) is 42.3 Å². The Labute approximate surface area is 112 Å². The maximum atomic E-state index is 11.2. The molecule has 0 N–H and O–H groups in total. The van der Waals surface area contributed by atoms with Crippen LogP contribution in [0.15, 0.2) is 0 Å². The Balaban J connectivity index is 2.55. The molecule has 1 aromatic rings. The molecule has 0 bridgehead atoms. The normalized spacial score (nSPS) is 15.8. The molecule has 0 radical (unpaired) electrons. The summed E-state index contributed by atoms with van der Waals surface area (Å²) in [5, 5.41) is 0.280. The van der Waals surface area contributed by atoms with Crippen LogP contribution >= 0.6 is 11.6 Å². The molecule has 0 aromatic carbocycles. The quantitative estimate of drug-likeness (QED) is 0.789. The molecule has 2 heterocycles. The molecule has 0 saturated carbocycles. The largest absolute Gasteiger partial charge is 0.357 e. The van der Waals surface area contributed by atoms with Crippen molar-refractivity contribution in [2.75, 3.05) is 18.0 Å². The lowest BCUT2D eigenvalue weighted by Gasteiger charge is -2.30. The van der Waals surface area contributed by atoms with Crippen LogP contribution in [0.1, 0.15) is 47.0 Å². The number of aldehydes is 2. The monoisotopic (exact) mass is 268 g/mol. The van der Waals surface area contributed by atoms with Crippen molar-refractivity contribution in [2.24, 2.45) is 0 Å². The molecule has 0 aliphatic carbocycles. The maximum absolute atomic E-state index is 11.2. The third kappa shape index (κ3) is 2.05. The minimum absolute atomic E-state index is 0.280. The van der Waals surface area contributed by atoms with E-state index in [1.54, 1.807) is 0 Å². The average molecular weight is 269 g/mol. The second kappa shape index (κ2) is 5.57. The van der Waals surface area contributed by atoms with Crippen molar-refractivity contribution in [1.29, 1.82) is 0 Å². The molecule has 98 valence electrons. The Morgan fingerprint density at radius 2 is 1.83 bits per heavy atom. The van der Waals surface area contributed by atoms with Crippen LogP contribution in [0.2, 0.25) is 5.02 Å². The summed E-state index contributed by atoms with van der Waals surface area (Å²) in [4.78, 5) is 24.5. The average Bonchev–Trinajstić information content (AvgIpc) is 2.70. The molecule has 1 aromatic heterocycles. The highest BCUT2D eigenvalue weighted by atomic mass is 35.5. The van der Waals surface area contributed by atoms with Crippen LogP contribution in [0.5, 0.6) is 0 Å². The number of hydrogen-bond acceptors (Lipinski definition) is 3. The first-order chi connectivity index (χ1) is 8.74. The van der Waals surface area contributed by atoms with Gasteiger partial charge in [0.15, 0.2) is 12.6 Å². The zero-order valence-corrected chi connectivity index (χ0v) is 11.2. The fraction of sp³-hybridized carbons (Fsp3) is 0.538. The van der Waals surface area contributed by atoms with E-state index >= 15 is 0 Å². The van der Waals surface area contributed by atoms with Gasteiger partial charge in [-0.15, -0.1) is 0 Å². The number of rotatable bonds is 4. The highest BCUT2D eigenvalue weighted by Crippen LogP contribution is 2.33. The third-order valence-corrected chi connectivity index (χ3v) is 3.85.